The second-order valence-corrected chi connectivity index (χ2v) is 6.41. The molecule has 2 aliphatic rings. The van der Waals surface area contributed by atoms with Crippen LogP contribution in [-0.4, -0.2) is 49.6 Å². The number of nitrogens with one attached hydrogen (secondary N) is 1. The number of nitrogens with zero attached hydrogens (tertiary/aromatic N) is 1. The maximum absolute atomic E-state index is 12.0. The van der Waals surface area contributed by atoms with Crippen LogP contribution in [0.2, 0.25) is 0 Å². The Hall–Kier alpha value is -0.530. The van der Waals surface area contributed by atoms with E-state index in [1.54, 1.807) is 17.8 Å². The first kappa shape index (κ1) is 16.5. The molecular formula is C11H14BrClN2O3S. The molecule has 0 saturated carbocycles. The SMILES string of the molecule is CC(C)=[NH+][C@@H]1C(=O)N2C(C(=O)O)=CC(CBr)S[C@H]12.[Cl-]. The summed E-state index contributed by atoms with van der Waals surface area (Å²) in [5.41, 5.74) is 1.05. The number of carboxylic acids is 1. The van der Waals surface area contributed by atoms with E-state index in [2.05, 4.69) is 20.9 Å². The molecule has 2 rings (SSSR count). The Balaban J connectivity index is 0.00000180. The number of thioether (sulfide) groups is 1. The van der Waals surface area contributed by atoms with Gasteiger partial charge in [0.05, 0.1) is 0 Å². The standard InChI is InChI=1S/C11H13BrN2O3S.ClH/c1-5(2)13-8-9(15)14-7(11(16)17)3-6(4-12)18-10(8)14;/h3,6,8,10H,4H2,1-2H3,(H,16,17);1H/t6?,8-,10-;/m1./s1. The monoisotopic (exact) mass is 368 g/mol. The molecule has 5 nitrogen and oxygen atoms in total. The summed E-state index contributed by atoms with van der Waals surface area (Å²) in [5, 5.41) is 9.76. The molecule has 106 valence electrons. The molecule has 19 heavy (non-hydrogen) atoms. The minimum atomic E-state index is -1.05. The Morgan fingerprint density at radius 2 is 2.21 bits per heavy atom. The molecular weight excluding hydrogens is 356 g/mol. The van der Waals surface area contributed by atoms with Crippen molar-refractivity contribution < 1.29 is 32.1 Å². The van der Waals surface area contributed by atoms with E-state index in [9.17, 15) is 9.59 Å². The smallest absolute Gasteiger partial charge is 0.352 e. The summed E-state index contributed by atoms with van der Waals surface area (Å²) < 4.78 is 0. The highest BCUT2D eigenvalue weighted by Gasteiger charge is 2.57. The lowest BCUT2D eigenvalue weighted by Crippen LogP contribution is -3.00. The largest absolute Gasteiger partial charge is 1.00 e. The lowest BCUT2D eigenvalue weighted by molar-refractivity contribution is -0.503. The van der Waals surface area contributed by atoms with E-state index in [1.165, 1.54) is 4.90 Å². The van der Waals surface area contributed by atoms with E-state index in [1.807, 2.05) is 13.8 Å². The van der Waals surface area contributed by atoms with Crippen molar-refractivity contribution in [1.82, 2.24) is 4.90 Å². The normalized spacial score (nSPS) is 28.6. The molecule has 1 amide bonds. The van der Waals surface area contributed by atoms with Crippen molar-refractivity contribution in [1.29, 1.82) is 0 Å². The van der Waals surface area contributed by atoms with Gasteiger partial charge in [-0.3, -0.25) is 9.69 Å². The summed E-state index contributed by atoms with van der Waals surface area (Å²) in [6, 6.07) is -0.315. The summed E-state index contributed by atoms with van der Waals surface area (Å²) in [5.74, 6) is -1.22. The quantitative estimate of drug-likeness (QED) is 0.309. The highest BCUT2D eigenvalue weighted by Crippen LogP contribution is 2.39. The van der Waals surface area contributed by atoms with Gasteiger partial charge in [0, 0.05) is 24.4 Å². The van der Waals surface area contributed by atoms with E-state index in [-0.39, 0.29) is 40.7 Å². The number of hydrogen-bond donors (Lipinski definition) is 2. The Morgan fingerprint density at radius 1 is 1.58 bits per heavy atom. The average Bonchev–Trinajstić information content (AvgIpc) is 2.33. The number of fused-ring (bicyclic) bond motifs is 1. The molecule has 1 unspecified atom stereocenters. The van der Waals surface area contributed by atoms with Crippen molar-refractivity contribution in [3.05, 3.63) is 11.8 Å². The zero-order valence-corrected chi connectivity index (χ0v) is 13.6. The molecule has 1 saturated heterocycles. The maximum atomic E-state index is 12.0. The molecule has 0 spiro atoms. The van der Waals surface area contributed by atoms with Crippen molar-refractivity contribution in [2.24, 2.45) is 0 Å². The third-order valence-corrected chi connectivity index (χ3v) is 5.32. The number of carbonyl (C=O) groups is 2. The van der Waals surface area contributed by atoms with Gasteiger partial charge in [-0.25, -0.2) is 9.79 Å². The molecule has 0 radical (unpaired) electrons. The van der Waals surface area contributed by atoms with Gasteiger partial charge in [-0.1, -0.05) is 15.9 Å². The fraction of sp³-hybridized carbons (Fsp3) is 0.545. The zero-order valence-electron chi connectivity index (χ0n) is 10.4. The fourth-order valence-corrected chi connectivity index (χ4v) is 4.00. The Bertz CT molecular complexity index is 465. The molecule has 8 heteroatoms. The van der Waals surface area contributed by atoms with Gasteiger partial charge in [0.15, 0.2) is 5.37 Å². The second-order valence-electron chi connectivity index (χ2n) is 4.41. The number of β-lactam (4-membered cyclic amide) rings is 1. The van der Waals surface area contributed by atoms with Gasteiger partial charge >= 0.3 is 5.97 Å². The lowest BCUT2D eigenvalue weighted by atomic mass is 10.1. The summed E-state index contributed by atoms with van der Waals surface area (Å²) in [7, 11) is 0. The summed E-state index contributed by atoms with van der Waals surface area (Å²) in [4.78, 5) is 27.6. The number of amides is 1. The van der Waals surface area contributed by atoms with Crippen LogP contribution in [-0.2, 0) is 9.59 Å². The average molecular weight is 370 g/mol. The molecule has 0 aromatic carbocycles. The topological polar surface area (TPSA) is 71.6 Å². The minimum Gasteiger partial charge on any atom is -1.00 e. The number of rotatable bonds is 3. The summed E-state index contributed by atoms with van der Waals surface area (Å²) >= 11 is 4.96. The van der Waals surface area contributed by atoms with Gasteiger partial charge < -0.3 is 17.5 Å². The molecule has 3 atom stereocenters. The zero-order chi connectivity index (χ0) is 13.4. The Morgan fingerprint density at radius 3 is 2.68 bits per heavy atom. The second kappa shape index (κ2) is 6.28. The number of halogens is 2. The molecule has 2 N–H and O–H groups in total. The molecule has 2 aliphatic heterocycles. The van der Waals surface area contributed by atoms with Gasteiger partial charge in [0.2, 0.25) is 0 Å². The maximum Gasteiger partial charge on any atom is 0.352 e. The van der Waals surface area contributed by atoms with Crippen LogP contribution in [0.15, 0.2) is 11.8 Å². The first-order valence-electron chi connectivity index (χ1n) is 5.52. The number of aliphatic carboxylic acids is 1. The predicted octanol–water partition coefficient (Wildman–Crippen LogP) is -3.43. The van der Waals surface area contributed by atoms with Gasteiger partial charge in [-0.15, -0.1) is 11.8 Å². The van der Waals surface area contributed by atoms with Crippen LogP contribution >= 0.6 is 27.7 Å². The van der Waals surface area contributed by atoms with E-state index in [4.69, 9.17) is 5.11 Å². The third kappa shape index (κ3) is 2.98. The Kier molecular flexibility index (Phi) is 5.46. The molecule has 2 heterocycles. The highest BCUT2D eigenvalue weighted by atomic mass is 79.9. The van der Waals surface area contributed by atoms with Crippen LogP contribution in [0, 0.1) is 0 Å². The number of hydrogen-bond acceptors (Lipinski definition) is 3. The van der Waals surface area contributed by atoms with Gasteiger partial charge in [-0.05, 0) is 6.08 Å². The van der Waals surface area contributed by atoms with Gasteiger partial charge in [-0.2, -0.15) is 0 Å². The van der Waals surface area contributed by atoms with E-state index in [0.717, 1.165) is 5.71 Å². The third-order valence-electron chi connectivity index (χ3n) is 2.78. The first-order valence-corrected chi connectivity index (χ1v) is 7.58. The Labute approximate surface area is 130 Å². The van der Waals surface area contributed by atoms with E-state index >= 15 is 0 Å². The van der Waals surface area contributed by atoms with Gasteiger partial charge in [0.25, 0.3) is 11.9 Å². The van der Waals surface area contributed by atoms with Crippen molar-refractivity contribution in [3.63, 3.8) is 0 Å². The van der Waals surface area contributed by atoms with Crippen molar-refractivity contribution in [3.8, 4) is 0 Å². The highest BCUT2D eigenvalue weighted by molar-refractivity contribution is 9.09. The predicted molar refractivity (Wildman–Crippen MR) is 72.6 cm³/mol. The molecule has 0 bridgehead atoms. The summed E-state index contributed by atoms with van der Waals surface area (Å²) in [6.07, 6.45) is 1.63. The van der Waals surface area contributed by atoms with Crippen LogP contribution in [0.5, 0.6) is 0 Å². The number of carbonyl (C=O) groups excluding carboxylic acids is 1. The molecule has 1 fully saturated rings. The van der Waals surface area contributed by atoms with Crippen LogP contribution < -0.4 is 17.4 Å². The van der Waals surface area contributed by atoms with Gasteiger partial charge in [0.1, 0.15) is 11.4 Å². The molecule has 0 aliphatic carbocycles. The van der Waals surface area contributed by atoms with Crippen LogP contribution in [0.1, 0.15) is 13.8 Å². The first-order chi connectivity index (χ1) is 8.45. The van der Waals surface area contributed by atoms with Crippen LogP contribution in [0.4, 0.5) is 0 Å². The van der Waals surface area contributed by atoms with E-state index in [0.29, 0.717) is 5.33 Å². The lowest BCUT2D eigenvalue weighted by Gasteiger charge is -2.45. The fourth-order valence-electron chi connectivity index (χ4n) is 2.03. The van der Waals surface area contributed by atoms with Crippen molar-refractivity contribution in [2.45, 2.75) is 30.5 Å². The minimum absolute atomic E-state index is 0. The van der Waals surface area contributed by atoms with Crippen molar-refractivity contribution >= 4 is 45.3 Å². The van der Waals surface area contributed by atoms with E-state index < -0.39 is 5.97 Å². The van der Waals surface area contributed by atoms with Crippen LogP contribution in [0.3, 0.4) is 0 Å². The van der Waals surface area contributed by atoms with Crippen molar-refractivity contribution in [2.75, 3.05) is 5.33 Å². The van der Waals surface area contributed by atoms with Crippen LogP contribution in [0.25, 0.3) is 0 Å². The molecule has 0 aromatic heterocycles. The molecule has 0 aromatic rings. The number of carboxylic acid groups (broad SMARTS) is 1. The summed E-state index contributed by atoms with van der Waals surface area (Å²) in [6.45, 7) is 3.78. The number of alkyl halides is 1.